The molecule has 0 saturated carbocycles. The fourth-order valence-corrected chi connectivity index (χ4v) is 5.89. The molecule has 0 amide bonds. The molecule has 4 heterocycles. The van der Waals surface area contributed by atoms with E-state index in [0.29, 0.717) is 18.2 Å². The van der Waals surface area contributed by atoms with Crippen molar-refractivity contribution in [3.63, 3.8) is 0 Å². The van der Waals surface area contributed by atoms with Gasteiger partial charge in [0.15, 0.2) is 0 Å². The Hall–Kier alpha value is -3.64. The predicted octanol–water partition coefficient (Wildman–Crippen LogP) is 11.0. The molecule has 47 heavy (non-hydrogen) atoms. The number of hydrogen-bond acceptors (Lipinski definition) is 5. The molecule has 1 saturated heterocycles. The van der Waals surface area contributed by atoms with Crippen LogP contribution in [-0.2, 0) is 25.5 Å². The first kappa shape index (κ1) is 39.5. The summed E-state index contributed by atoms with van der Waals surface area (Å²) in [5.41, 5.74) is 9.00. The molecule has 3 aliphatic heterocycles. The highest BCUT2D eigenvalue weighted by Crippen LogP contribution is 2.43. The Morgan fingerprint density at radius 1 is 0.957 bits per heavy atom. The molecule has 1 aromatic carbocycles. The normalized spacial score (nSPS) is 20.4. The zero-order chi connectivity index (χ0) is 35.1. The van der Waals surface area contributed by atoms with Gasteiger partial charge in [-0.1, -0.05) is 93.5 Å². The summed E-state index contributed by atoms with van der Waals surface area (Å²) in [6.07, 6.45) is 13.8. The minimum atomic E-state index is 0.146. The summed E-state index contributed by atoms with van der Waals surface area (Å²) in [4.78, 5) is 2.36. The van der Waals surface area contributed by atoms with E-state index in [1.807, 2.05) is 33.8 Å². The van der Waals surface area contributed by atoms with Crippen LogP contribution in [0.1, 0.15) is 111 Å². The summed E-state index contributed by atoms with van der Waals surface area (Å²) in [5.74, 6) is 1.00. The van der Waals surface area contributed by atoms with E-state index in [1.54, 1.807) is 19.6 Å². The lowest BCUT2D eigenvalue weighted by Gasteiger charge is -2.38. The first-order valence-electron chi connectivity index (χ1n) is 17.7. The smallest absolute Gasteiger partial charge is 0.229 e. The van der Waals surface area contributed by atoms with Crippen LogP contribution in [0.25, 0.3) is 22.2 Å². The quantitative estimate of drug-likeness (QED) is 0.280. The van der Waals surface area contributed by atoms with Gasteiger partial charge in [0.1, 0.15) is 5.76 Å². The Labute approximate surface area is 286 Å². The maximum atomic E-state index is 6.02. The van der Waals surface area contributed by atoms with Gasteiger partial charge in [0.25, 0.3) is 0 Å². The van der Waals surface area contributed by atoms with Crippen LogP contribution < -0.4 is 0 Å². The number of nitrogens with zero attached hydrogens (tertiary/aromatic N) is 2. The minimum Gasteiger partial charge on any atom is -0.497 e. The van der Waals surface area contributed by atoms with Crippen molar-refractivity contribution >= 4 is 22.2 Å². The van der Waals surface area contributed by atoms with Crippen LogP contribution >= 0.6 is 0 Å². The largest absolute Gasteiger partial charge is 0.497 e. The van der Waals surface area contributed by atoms with Crippen molar-refractivity contribution in [2.45, 2.75) is 113 Å². The van der Waals surface area contributed by atoms with Crippen LogP contribution in [0.2, 0.25) is 0 Å². The summed E-state index contributed by atoms with van der Waals surface area (Å²) in [7, 11) is 1.67. The second kappa shape index (κ2) is 19.9. The van der Waals surface area contributed by atoms with Crippen LogP contribution in [0.4, 0.5) is 0 Å². The van der Waals surface area contributed by atoms with Crippen molar-refractivity contribution in [1.82, 2.24) is 9.47 Å². The lowest BCUT2D eigenvalue weighted by atomic mass is 9.90. The highest BCUT2D eigenvalue weighted by atomic mass is 16.7. The van der Waals surface area contributed by atoms with Crippen molar-refractivity contribution in [3.05, 3.63) is 95.8 Å². The van der Waals surface area contributed by atoms with Crippen LogP contribution in [0, 0.1) is 0 Å². The molecule has 5 rings (SSSR count). The van der Waals surface area contributed by atoms with E-state index in [-0.39, 0.29) is 19.0 Å². The highest BCUT2D eigenvalue weighted by molar-refractivity contribution is 5.96. The van der Waals surface area contributed by atoms with E-state index in [1.165, 1.54) is 29.5 Å². The van der Waals surface area contributed by atoms with Crippen molar-refractivity contribution in [2.24, 2.45) is 0 Å². The maximum absolute atomic E-state index is 6.02. The minimum absolute atomic E-state index is 0.146. The number of aromatic nitrogens is 1. The third kappa shape index (κ3) is 9.70. The molecule has 1 fully saturated rings. The van der Waals surface area contributed by atoms with Crippen LogP contribution in [0.5, 0.6) is 0 Å². The molecule has 260 valence electrons. The van der Waals surface area contributed by atoms with Gasteiger partial charge in [-0.3, -0.25) is 0 Å². The van der Waals surface area contributed by atoms with Crippen molar-refractivity contribution in [2.75, 3.05) is 27.0 Å². The zero-order valence-corrected chi connectivity index (χ0v) is 31.2. The van der Waals surface area contributed by atoms with E-state index >= 15 is 0 Å². The van der Waals surface area contributed by atoms with E-state index in [0.717, 1.165) is 53.0 Å². The molecule has 1 aromatic heterocycles. The van der Waals surface area contributed by atoms with Crippen LogP contribution in [0.15, 0.2) is 79.0 Å². The van der Waals surface area contributed by atoms with Gasteiger partial charge >= 0.3 is 0 Å². The molecule has 0 spiro atoms. The number of morpholine rings is 1. The first-order valence-corrected chi connectivity index (χ1v) is 17.7. The molecule has 2 aromatic rings. The van der Waals surface area contributed by atoms with Gasteiger partial charge in [-0.05, 0) is 67.2 Å². The lowest BCUT2D eigenvalue weighted by Crippen LogP contribution is -2.45. The van der Waals surface area contributed by atoms with E-state index < -0.39 is 0 Å². The number of methoxy groups -OCH3 is 1. The molecule has 6 heteroatoms. The molecular formula is C41H62N2O4. The second-order valence-electron chi connectivity index (χ2n) is 11.7. The van der Waals surface area contributed by atoms with Gasteiger partial charge in [-0.15, -0.1) is 0 Å². The summed E-state index contributed by atoms with van der Waals surface area (Å²) >= 11 is 0. The highest BCUT2D eigenvalue weighted by Gasteiger charge is 2.30. The zero-order valence-electron chi connectivity index (χ0n) is 31.2. The SMILES string of the molecule is C=C(OC)c1ccc2c(C(C)CC)c3n(c2c1)CC(C(=C)N1CC(C)OC(C)C1)=CC1=C3/C=C/OCO/C=C/1.CC.CC.CCCC. The molecule has 3 atom stereocenters. The molecule has 3 aliphatic rings. The molecule has 0 bridgehead atoms. The Morgan fingerprint density at radius 2 is 1.57 bits per heavy atom. The Bertz CT molecular complexity index is 1430. The molecule has 0 N–H and O–H groups in total. The predicted molar refractivity (Wildman–Crippen MR) is 201 cm³/mol. The van der Waals surface area contributed by atoms with E-state index in [9.17, 15) is 0 Å². The van der Waals surface area contributed by atoms with Gasteiger partial charge in [0.05, 0.1) is 44.1 Å². The number of unbranched alkanes of at least 4 members (excludes halogenated alkanes) is 1. The number of hydrogen-bond donors (Lipinski definition) is 0. The number of allylic oxidation sites excluding steroid dienone is 6. The van der Waals surface area contributed by atoms with Gasteiger partial charge in [-0.2, -0.15) is 0 Å². The Balaban J connectivity index is 0.000000878. The summed E-state index contributed by atoms with van der Waals surface area (Å²) in [6, 6.07) is 6.53. The van der Waals surface area contributed by atoms with Crippen molar-refractivity contribution in [3.8, 4) is 0 Å². The first-order chi connectivity index (χ1) is 22.7. The third-order valence-electron chi connectivity index (χ3n) is 8.48. The van der Waals surface area contributed by atoms with Gasteiger partial charge < -0.3 is 28.4 Å². The number of rotatable bonds is 7. The summed E-state index contributed by atoms with van der Waals surface area (Å²) in [5, 5.41) is 1.24. The molecule has 3 unspecified atom stereocenters. The summed E-state index contributed by atoms with van der Waals surface area (Å²) in [6.45, 7) is 32.4. The average molecular weight is 647 g/mol. The third-order valence-corrected chi connectivity index (χ3v) is 8.48. The topological polar surface area (TPSA) is 45.1 Å². The number of fused-ring (bicyclic) bond motifs is 4. The maximum Gasteiger partial charge on any atom is 0.229 e. The molecular weight excluding hydrogens is 584 g/mol. The van der Waals surface area contributed by atoms with Gasteiger partial charge in [0.2, 0.25) is 6.79 Å². The van der Waals surface area contributed by atoms with Crippen LogP contribution in [-0.4, -0.2) is 48.7 Å². The number of ether oxygens (including phenoxy) is 4. The molecule has 0 aliphatic carbocycles. The van der Waals surface area contributed by atoms with Gasteiger partial charge in [-0.25, -0.2) is 0 Å². The Morgan fingerprint density at radius 3 is 2.15 bits per heavy atom. The second-order valence-corrected chi connectivity index (χ2v) is 11.7. The van der Waals surface area contributed by atoms with E-state index in [2.05, 4.69) is 94.5 Å². The summed E-state index contributed by atoms with van der Waals surface area (Å²) < 4.78 is 25.2. The van der Waals surface area contributed by atoms with E-state index in [4.69, 9.17) is 18.9 Å². The van der Waals surface area contributed by atoms with Crippen molar-refractivity contribution in [1.29, 1.82) is 0 Å². The fourth-order valence-electron chi connectivity index (χ4n) is 5.89. The number of benzene rings is 1. The average Bonchev–Trinajstić information content (AvgIpc) is 3.38. The Kier molecular flexibility index (Phi) is 16.7. The van der Waals surface area contributed by atoms with Crippen molar-refractivity contribution < 1.29 is 18.9 Å². The van der Waals surface area contributed by atoms with Crippen LogP contribution in [0.3, 0.4) is 0 Å². The van der Waals surface area contributed by atoms with Gasteiger partial charge in [0, 0.05) is 40.8 Å². The fraction of sp³-hybridized carbons (Fsp3) is 0.512. The standard InChI is InChI=1S/C33H40N2O4.C4H10.2C2H6/c1-8-21(2)32-30-10-9-26(25(6)36-7)16-31(30)35-19-28(24(5)34-17-22(3)39-23(4)18-34)15-27-11-13-37-20-38-14-12-29(27)33(32)35;1-3-4-2;2*1-2/h9-16,21-23H,5-6,8,17-20H2,1-4,7H3;3-4H2,1-2H3;2*1-2H3/b13-11+,14-12+;;;. The lowest BCUT2D eigenvalue weighted by molar-refractivity contribution is -0.0570. The monoisotopic (exact) mass is 646 g/mol. The molecule has 6 nitrogen and oxygen atoms in total. The molecule has 0 radical (unpaired) electrons.